The fourth-order valence-electron chi connectivity index (χ4n) is 10.1. The van der Waals surface area contributed by atoms with Gasteiger partial charge in [-0.3, -0.25) is 13.8 Å². The van der Waals surface area contributed by atoms with Crippen molar-refractivity contribution in [3.8, 4) is 0 Å². The van der Waals surface area contributed by atoms with E-state index in [2.05, 4.69) is 19.2 Å². The summed E-state index contributed by atoms with van der Waals surface area (Å²) in [5.74, 6) is -0.139. The third-order valence-corrected chi connectivity index (χ3v) is 16.1. The number of unbranched alkanes of at least 4 members (excludes halogenated alkanes) is 47. The third-order valence-electron chi connectivity index (χ3n) is 15.1. The Hall–Kier alpha value is -0.500. The van der Waals surface area contributed by atoms with Gasteiger partial charge in [0.25, 0.3) is 0 Å². The maximum Gasteiger partial charge on any atom is 0.472 e. The van der Waals surface area contributed by atoms with E-state index in [1.54, 1.807) is 0 Å². The van der Waals surface area contributed by atoms with Crippen LogP contribution in [0, 0.1) is 0 Å². The molecule has 0 saturated heterocycles. The van der Waals surface area contributed by atoms with Crippen LogP contribution in [-0.2, 0) is 18.4 Å². The topological polar surface area (TPSA) is 105 Å². The number of quaternary nitrogens is 1. The first-order valence-electron chi connectivity index (χ1n) is 31.9. The van der Waals surface area contributed by atoms with Crippen LogP contribution in [0.1, 0.15) is 341 Å². The van der Waals surface area contributed by atoms with Crippen LogP contribution in [0.15, 0.2) is 0 Å². The van der Waals surface area contributed by atoms with Crippen molar-refractivity contribution in [2.45, 2.75) is 353 Å². The highest BCUT2D eigenvalue weighted by Gasteiger charge is 2.28. The zero-order valence-electron chi connectivity index (χ0n) is 48.8. The summed E-state index contributed by atoms with van der Waals surface area (Å²) in [6, 6.07) is -0.753. The second-order valence-electron chi connectivity index (χ2n) is 23.5. The van der Waals surface area contributed by atoms with Crippen LogP contribution in [0.4, 0.5) is 0 Å². The maximum atomic E-state index is 12.9. The Bertz CT molecular complexity index is 1120. The lowest BCUT2D eigenvalue weighted by Crippen LogP contribution is -2.46. The van der Waals surface area contributed by atoms with Crippen LogP contribution in [0.2, 0.25) is 0 Å². The zero-order valence-corrected chi connectivity index (χ0v) is 49.7. The Kier molecular flexibility index (Phi) is 53.9. The van der Waals surface area contributed by atoms with E-state index in [1.165, 1.54) is 276 Å². The predicted molar refractivity (Wildman–Crippen MR) is 309 cm³/mol. The second-order valence-corrected chi connectivity index (χ2v) is 25.0. The highest BCUT2D eigenvalue weighted by atomic mass is 31.2. The SMILES string of the molecule is CCCCCCCCCCCCCCCCCCCCCCCCCCCCCCCCCCCCCCCCCCC(=O)NC(COP(=O)(O)OCC[N+](C)(C)C)C(O)CCCCCCCCCCC. The molecule has 3 N–H and O–H groups in total. The number of aliphatic hydroxyl groups is 1. The lowest BCUT2D eigenvalue weighted by molar-refractivity contribution is -0.870. The largest absolute Gasteiger partial charge is 0.472 e. The molecule has 3 atom stereocenters. The van der Waals surface area contributed by atoms with E-state index in [0.29, 0.717) is 23.9 Å². The molecule has 0 fully saturated rings. The van der Waals surface area contributed by atoms with Crippen molar-refractivity contribution in [2.75, 3.05) is 40.9 Å². The van der Waals surface area contributed by atoms with Gasteiger partial charge in [-0.2, -0.15) is 0 Å². The molecule has 8 nitrogen and oxygen atoms in total. The van der Waals surface area contributed by atoms with Crippen LogP contribution in [0.5, 0.6) is 0 Å². The van der Waals surface area contributed by atoms with Crippen molar-refractivity contribution < 1.29 is 32.9 Å². The molecule has 0 spiro atoms. The number of hydrogen-bond acceptors (Lipinski definition) is 5. The molecule has 0 bridgehead atoms. The molecule has 1 amide bonds. The van der Waals surface area contributed by atoms with E-state index in [-0.39, 0.29) is 19.1 Å². The first-order valence-corrected chi connectivity index (χ1v) is 33.4. The molecular weight excluding hydrogens is 900 g/mol. The normalized spacial score (nSPS) is 13.7. The van der Waals surface area contributed by atoms with Crippen LogP contribution >= 0.6 is 7.82 Å². The molecule has 0 aromatic rings. The van der Waals surface area contributed by atoms with Crippen LogP contribution in [-0.4, -0.2) is 73.4 Å². The first kappa shape index (κ1) is 70.5. The molecule has 0 heterocycles. The average Bonchev–Trinajstić information content (AvgIpc) is 3.33. The fourth-order valence-corrected chi connectivity index (χ4v) is 10.8. The van der Waals surface area contributed by atoms with Crippen molar-refractivity contribution in [3.05, 3.63) is 0 Å². The van der Waals surface area contributed by atoms with E-state index >= 15 is 0 Å². The van der Waals surface area contributed by atoms with Crippen molar-refractivity contribution >= 4 is 13.7 Å². The minimum absolute atomic E-state index is 0.0785. The number of amides is 1. The number of likely N-dealkylation sites (N-methyl/N-ethyl adjacent to an activating group) is 1. The number of aliphatic hydroxyl groups excluding tert-OH is 1. The number of carbonyl (C=O) groups excluding carboxylic acids is 1. The maximum absolute atomic E-state index is 12.9. The van der Waals surface area contributed by atoms with Gasteiger partial charge in [-0.1, -0.05) is 322 Å². The van der Waals surface area contributed by atoms with Gasteiger partial charge in [-0.05, 0) is 12.8 Å². The number of rotatable bonds is 60. The van der Waals surface area contributed by atoms with E-state index < -0.39 is 20.0 Å². The van der Waals surface area contributed by atoms with Crippen molar-refractivity contribution in [1.29, 1.82) is 0 Å². The highest BCUT2D eigenvalue weighted by molar-refractivity contribution is 7.47. The van der Waals surface area contributed by atoms with Gasteiger partial charge in [0.05, 0.1) is 39.9 Å². The molecule has 0 rings (SSSR count). The first-order chi connectivity index (χ1) is 34.5. The average molecular weight is 1030 g/mol. The predicted octanol–water partition coefficient (Wildman–Crippen LogP) is 19.6. The van der Waals surface area contributed by atoms with Gasteiger partial charge < -0.3 is 19.8 Å². The number of carbonyl (C=O) groups is 1. The quantitative estimate of drug-likeness (QED) is 0.0318. The molecule has 0 saturated carbocycles. The number of nitrogens with one attached hydrogen (secondary N) is 1. The van der Waals surface area contributed by atoms with Gasteiger partial charge in [-0.15, -0.1) is 0 Å². The lowest BCUT2D eigenvalue weighted by Gasteiger charge is -2.26. The van der Waals surface area contributed by atoms with Gasteiger partial charge >= 0.3 is 7.82 Å². The monoisotopic (exact) mass is 1030 g/mol. The van der Waals surface area contributed by atoms with E-state index in [9.17, 15) is 19.4 Å². The molecule has 9 heteroatoms. The Balaban J connectivity index is 3.70. The van der Waals surface area contributed by atoms with Gasteiger partial charge in [0.1, 0.15) is 13.2 Å². The molecule has 0 radical (unpaired) electrons. The fraction of sp³-hybridized carbons (Fsp3) is 0.984. The van der Waals surface area contributed by atoms with E-state index in [0.717, 1.165) is 38.5 Å². The van der Waals surface area contributed by atoms with E-state index in [1.807, 2.05) is 21.1 Å². The summed E-state index contributed by atoms with van der Waals surface area (Å²) in [6.07, 6.45) is 66.6. The van der Waals surface area contributed by atoms with Crippen LogP contribution in [0.3, 0.4) is 0 Å². The molecule has 3 unspecified atom stereocenters. The molecule has 0 aliphatic heterocycles. The van der Waals surface area contributed by atoms with Gasteiger partial charge in [0.2, 0.25) is 5.91 Å². The standard InChI is InChI=1S/C62H127N2O6P/c1-6-8-10-12-14-16-17-18-19-20-21-22-23-24-25-26-27-28-29-30-31-32-33-34-35-36-37-38-39-40-41-42-43-44-45-46-48-50-52-54-56-62(66)63-60(59-70-71(67,68)69-58-57-64(3,4)5)61(65)55-53-51-49-47-15-13-11-9-7-2/h60-61,65H,6-59H2,1-5H3,(H-,63,66,67,68)/p+1. The summed E-state index contributed by atoms with van der Waals surface area (Å²) in [5.41, 5.74) is 0. The summed E-state index contributed by atoms with van der Waals surface area (Å²) in [5, 5.41) is 14.0. The van der Waals surface area contributed by atoms with Gasteiger partial charge in [0, 0.05) is 6.42 Å². The summed E-state index contributed by atoms with van der Waals surface area (Å²) in [7, 11) is 1.63. The Morgan fingerprint density at radius 3 is 0.944 bits per heavy atom. The molecule has 71 heavy (non-hydrogen) atoms. The highest BCUT2D eigenvalue weighted by Crippen LogP contribution is 2.43. The van der Waals surface area contributed by atoms with Crippen molar-refractivity contribution in [2.24, 2.45) is 0 Å². The summed E-state index contributed by atoms with van der Waals surface area (Å²) < 4.78 is 23.7. The van der Waals surface area contributed by atoms with Gasteiger partial charge in [0.15, 0.2) is 0 Å². The Morgan fingerprint density at radius 2 is 0.676 bits per heavy atom. The molecule has 426 valence electrons. The summed E-state index contributed by atoms with van der Waals surface area (Å²) >= 11 is 0. The number of phosphoric ester groups is 1. The Labute approximate surface area is 444 Å². The third kappa shape index (κ3) is 57.1. The number of nitrogens with zero attached hydrogens (tertiary/aromatic N) is 1. The minimum atomic E-state index is -4.31. The molecule has 0 aromatic carbocycles. The molecule has 0 aliphatic carbocycles. The smallest absolute Gasteiger partial charge is 0.391 e. The van der Waals surface area contributed by atoms with E-state index in [4.69, 9.17) is 9.05 Å². The van der Waals surface area contributed by atoms with Crippen molar-refractivity contribution in [3.63, 3.8) is 0 Å². The lowest BCUT2D eigenvalue weighted by atomic mass is 10.0. The summed E-state index contributed by atoms with van der Waals surface area (Å²) in [4.78, 5) is 23.2. The molecule has 0 aromatic heterocycles. The van der Waals surface area contributed by atoms with Crippen LogP contribution < -0.4 is 5.32 Å². The summed E-state index contributed by atoms with van der Waals surface area (Å²) in [6.45, 7) is 4.91. The van der Waals surface area contributed by atoms with Crippen LogP contribution in [0.25, 0.3) is 0 Å². The van der Waals surface area contributed by atoms with Gasteiger partial charge in [-0.25, -0.2) is 4.57 Å². The zero-order chi connectivity index (χ0) is 52.0. The van der Waals surface area contributed by atoms with Crippen molar-refractivity contribution in [1.82, 2.24) is 5.32 Å². The Morgan fingerprint density at radius 1 is 0.423 bits per heavy atom. The number of phosphoric acid groups is 1. The number of hydrogen-bond donors (Lipinski definition) is 3. The molecular formula is C62H128N2O6P+. The minimum Gasteiger partial charge on any atom is -0.391 e. The second kappa shape index (κ2) is 54.3. The molecule has 0 aliphatic rings.